The van der Waals surface area contributed by atoms with E-state index < -0.39 is 0 Å². The molecule has 0 atom stereocenters. The Balaban J connectivity index is 1.99. The van der Waals surface area contributed by atoms with Crippen molar-refractivity contribution in [2.75, 3.05) is 12.4 Å². The van der Waals surface area contributed by atoms with Crippen LogP contribution in [0.1, 0.15) is 38.2 Å². The molecule has 0 saturated heterocycles. The second-order valence-electron chi connectivity index (χ2n) is 4.91. The van der Waals surface area contributed by atoms with Crippen molar-refractivity contribution in [3.05, 3.63) is 29.8 Å². The maximum absolute atomic E-state index is 5.29. The highest BCUT2D eigenvalue weighted by atomic mass is 16.5. The quantitative estimate of drug-likeness (QED) is 0.838. The zero-order valence-corrected chi connectivity index (χ0v) is 10.4. The summed E-state index contributed by atoms with van der Waals surface area (Å²) in [6.45, 7) is 4.47. The maximum atomic E-state index is 5.29. The average molecular weight is 219 g/mol. The Morgan fingerprint density at radius 2 is 1.94 bits per heavy atom. The minimum Gasteiger partial charge on any atom is -0.382 e. The van der Waals surface area contributed by atoms with Gasteiger partial charge in [-0.1, -0.05) is 32.0 Å². The highest BCUT2D eigenvalue weighted by molar-refractivity contribution is 5.53. The number of methoxy groups -OCH3 is 1. The van der Waals surface area contributed by atoms with Gasteiger partial charge in [0.25, 0.3) is 0 Å². The van der Waals surface area contributed by atoms with Crippen molar-refractivity contribution in [2.45, 2.75) is 44.8 Å². The molecule has 1 aliphatic rings. The van der Waals surface area contributed by atoms with Gasteiger partial charge in [-0.15, -0.1) is 0 Å². The fourth-order valence-corrected chi connectivity index (χ4v) is 2.23. The zero-order chi connectivity index (χ0) is 11.5. The van der Waals surface area contributed by atoms with Crippen molar-refractivity contribution in [2.24, 2.45) is 0 Å². The number of ether oxygens (including phenoxy) is 1. The average Bonchev–Trinajstić information content (AvgIpc) is 2.23. The molecule has 2 heteroatoms. The Hall–Kier alpha value is -1.02. The van der Waals surface area contributed by atoms with Crippen LogP contribution >= 0.6 is 0 Å². The number of hydrogen-bond acceptors (Lipinski definition) is 2. The van der Waals surface area contributed by atoms with Gasteiger partial charge in [0.05, 0.1) is 6.10 Å². The fraction of sp³-hybridized carbons (Fsp3) is 0.571. The summed E-state index contributed by atoms with van der Waals surface area (Å²) < 4.78 is 5.29. The Morgan fingerprint density at radius 1 is 1.25 bits per heavy atom. The van der Waals surface area contributed by atoms with E-state index >= 15 is 0 Å². The van der Waals surface area contributed by atoms with Crippen LogP contribution in [-0.4, -0.2) is 19.3 Å². The van der Waals surface area contributed by atoms with Gasteiger partial charge in [0.15, 0.2) is 0 Å². The third-order valence-corrected chi connectivity index (χ3v) is 3.37. The lowest BCUT2D eigenvalue weighted by Crippen LogP contribution is -2.40. The first-order valence-electron chi connectivity index (χ1n) is 6.09. The van der Waals surface area contributed by atoms with Crippen LogP contribution in [0.5, 0.6) is 0 Å². The molecule has 1 aromatic rings. The van der Waals surface area contributed by atoms with Crippen LogP contribution < -0.4 is 5.32 Å². The van der Waals surface area contributed by atoms with Gasteiger partial charge in [0.1, 0.15) is 0 Å². The SMILES string of the molecule is COC1CC(Nc2ccccc2C(C)C)C1. The Kier molecular flexibility index (Phi) is 3.49. The molecule has 2 rings (SSSR count). The second kappa shape index (κ2) is 4.88. The molecule has 0 amide bonds. The molecule has 0 radical (unpaired) electrons. The summed E-state index contributed by atoms with van der Waals surface area (Å²) in [5.74, 6) is 0.571. The van der Waals surface area contributed by atoms with Crippen molar-refractivity contribution >= 4 is 5.69 Å². The first kappa shape index (κ1) is 11.5. The smallest absolute Gasteiger partial charge is 0.0610 e. The van der Waals surface area contributed by atoms with Gasteiger partial charge < -0.3 is 10.1 Å². The van der Waals surface area contributed by atoms with Gasteiger partial charge in [-0.05, 0) is 30.4 Å². The van der Waals surface area contributed by atoms with E-state index in [1.165, 1.54) is 11.3 Å². The van der Waals surface area contributed by atoms with Crippen molar-refractivity contribution in [1.29, 1.82) is 0 Å². The summed E-state index contributed by atoms with van der Waals surface area (Å²) in [6.07, 6.45) is 2.72. The van der Waals surface area contributed by atoms with Crippen LogP contribution in [0.25, 0.3) is 0 Å². The summed E-state index contributed by atoms with van der Waals surface area (Å²) in [7, 11) is 1.79. The molecule has 1 fully saturated rings. The van der Waals surface area contributed by atoms with Crippen LogP contribution in [0.3, 0.4) is 0 Å². The number of rotatable bonds is 4. The standard InChI is InChI=1S/C14H21NO/c1-10(2)13-6-4-5-7-14(13)15-11-8-12(9-11)16-3/h4-7,10-12,15H,8-9H2,1-3H3. The lowest BCUT2D eigenvalue weighted by Gasteiger charge is -2.36. The van der Waals surface area contributed by atoms with Gasteiger partial charge >= 0.3 is 0 Å². The monoisotopic (exact) mass is 219 g/mol. The molecule has 88 valence electrons. The van der Waals surface area contributed by atoms with E-state index in [1.54, 1.807) is 7.11 Å². The largest absolute Gasteiger partial charge is 0.382 e. The fourth-order valence-electron chi connectivity index (χ4n) is 2.23. The van der Waals surface area contributed by atoms with Crippen LogP contribution in [0.15, 0.2) is 24.3 Å². The van der Waals surface area contributed by atoms with Gasteiger partial charge in [-0.3, -0.25) is 0 Å². The van der Waals surface area contributed by atoms with Crippen molar-refractivity contribution in [3.8, 4) is 0 Å². The molecular formula is C14H21NO. The normalized spacial score (nSPS) is 24.2. The summed E-state index contributed by atoms with van der Waals surface area (Å²) in [5, 5.41) is 3.61. The van der Waals surface area contributed by atoms with Crippen LogP contribution in [-0.2, 0) is 4.74 Å². The van der Waals surface area contributed by atoms with Crippen LogP contribution in [0.4, 0.5) is 5.69 Å². The summed E-state index contributed by atoms with van der Waals surface area (Å²) in [4.78, 5) is 0. The molecule has 0 spiro atoms. The van der Waals surface area contributed by atoms with Gasteiger partial charge in [0, 0.05) is 18.8 Å². The highest BCUT2D eigenvalue weighted by Gasteiger charge is 2.29. The number of benzene rings is 1. The molecule has 16 heavy (non-hydrogen) atoms. The van der Waals surface area contributed by atoms with E-state index in [4.69, 9.17) is 4.74 Å². The van der Waals surface area contributed by atoms with E-state index in [9.17, 15) is 0 Å². The van der Waals surface area contributed by atoms with Gasteiger partial charge in [0.2, 0.25) is 0 Å². The minimum atomic E-state index is 0.462. The summed E-state index contributed by atoms with van der Waals surface area (Å²) >= 11 is 0. The molecule has 1 saturated carbocycles. The Morgan fingerprint density at radius 3 is 2.56 bits per heavy atom. The third kappa shape index (κ3) is 2.38. The second-order valence-corrected chi connectivity index (χ2v) is 4.91. The highest BCUT2D eigenvalue weighted by Crippen LogP contribution is 2.30. The van der Waals surface area contributed by atoms with Crippen LogP contribution in [0.2, 0.25) is 0 Å². The maximum Gasteiger partial charge on any atom is 0.0610 e. The summed E-state index contributed by atoms with van der Waals surface area (Å²) in [5.41, 5.74) is 2.69. The van der Waals surface area contributed by atoms with Crippen molar-refractivity contribution in [3.63, 3.8) is 0 Å². The molecule has 1 N–H and O–H groups in total. The molecule has 1 aromatic carbocycles. The predicted octanol–water partition coefficient (Wildman–Crippen LogP) is 3.40. The van der Waals surface area contributed by atoms with Gasteiger partial charge in [-0.2, -0.15) is 0 Å². The number of nitrogens with one attached hydrogen (secondary N) is 1. The van der Waals surface area contributed by atoms with Crippen molar-refractivity contribution < 1.29 is 4.74 Å². The third-order valence-electron chi connectivity index (χ3n) is 3.37. The molecule has 0 bridgehead atoms. The van der Waals surface area contributed by atoms with E-state index in [0.717, 1.165) is 12.8 Å². The van der Waals surface area contributed by atoms with E-state index in [1.807, 2.05) is 0 Å². The minimum absolute atomic E-state index is 0.462. The first-order chi connectivity index (χ1) is 7.70. The van der Waals surface area contributed by atoms with Gasteiger partial charge in [-0.25, -0.2) is 0 Å². The van der Waals surface area contributed by atoms with E-state index in [2.05, 4.69) is 43.4 Å². The van der Waals surface area contributed by atoms with Crippen molar-refractivity contribution in [1.82, 2.24) is 0 Å². The van der Waals surface area contributed by atoms with E-state index in [0.29, 0.717) is 18.1 Å². The van der Waals surface area contributed by atoms with E-state index in [-0.39, 0.29) is 0 Å². The topological polar surface area (TPSA) is 21.3 Å². The molecule has 0 aromatic heterocycles. The zero-order valence-electron chi connectivity index (χ0n) is 10.4. The first-order valence-corrected chi connectivity index (χ1v) is 6.09. The lowest BCUT2D eigenvalue weighted by molar-refractivity contribution is 0.0328. The summed E-state index contributed by atoms with van der Waals surface area (Å²) in [6, 6.07) is 9.18. The molecule has 0 heterocycles. The molecule has 2 nitrogen and oxygen atoms in total. The Bertz CT molecular complexity index is 342. The van der Waals surface area contributed by atoms with Crippen LogP contribution in [0, 0.1) is 0 Å². The molecular weight excluding hydrogens is 198 g/mol. The number of hydrogen-bond donors (Lipinski definition) is 1. The molecule has 0 aliphatic heterocycles. The Labute approximate surface area is 98.0 Å². The number of anilines is 1. The molecule has 0 unspecified atom stereocenters. The predicted molar refractivity (Wildman–Crippen MR) is 68.0 cm³/mol. The molecule has 1 aliphatic carbocycles. The lowest BCUT2D eigenvalue weighted by atomic mass is 9.88. The number of para-hydroxylation sites is 1.